The van der Waals surface area contributed by atoms with Crippen LogP contribution in [0.25, 0.3) is 0 Å². The van der Waals surface area contributed by atoms with Crippen LogP contribution >= 0.6 is 0 Å². The van der Waals surface area contributed by atoms with E-state index in [1.54, 1.807) is 0 Å². The molecule has 0 bridgehead atoms. The number of rotatable bonds is 4. The summed E-state index contributed by atoms with van der Waals surface area (Å²) in [6.07, 6.45) is 0.253. The third-order valence-corrected chi connectivity index (χ3v) is 2.61. The van der Waals surface area contributed by atoms with E-state index in [2.05, 4.69) is 16.6 Å². The fraction of sp³-hybridized carbons (Fsp3) is 0.333. The van der Waals surface area contributed by atoms with E-state index in [9.17, 15) is 14.0 Å². The largest absolute Gasteiger partial charge is 0.468 e. The van der Waals surface area contributed by atoms with Crippen LogP contribution in [0.4, 0.5) is 4.39 Å². The number of hydrogen-bond acceptors (Lipinski definition) is 4. The van der Waals surface area contributed by atoms with Crippen molar-refractivity contribution in [1.29, 1.82) is 0 Å². The van der Waals surface area contributed by atoms with Gasteiger partial charge in [0.05, 0.1) is 19.3 Å². The predicted molar refractivity (Wildman–Crippen MR) is 74.0 cm³/mol. The number of halogens is 1. The van der Waals surface area contributed by atoms with Crippen LogP contribution in [0.3, 0.4) is 0 Å². The minimum atomic E-state index is -0.574. The van der Waals surface area contributed by atoms with E-state index >= 15 is 0 Å². The molecule has 1 amide bonds. The Labute approximate surface area is 122 Å². The lowest BCUT2D eigenvalue weighted by Gasteiger charge is -2.16. The van der Waals surface area contributed by atoms with Gasteiger partial charge in [-0.2, -0.15) is 0 Å². The molecule has 0 unspecified atom stereocenters. The van der Waals surface area contributed by atoms with E-state index in [0.717, 1.165) is 11.0 Å². The van der Waals surface area contributed by atoms with Crippen molar-refractivity contribution in [2.24, 2.45) is 0 Å². The smallest absolute Gasteiger partial charge is 0.325 e. The number of hydrogen-bond donors (Lipinski definition) is 1. The highest BCUT2D eigenvalue weighted by Crippen LogP contribution is 2.13. The monoisotopic (exact) mass is 293 g/mol. The molecule has 1 N–H and O–H groups in total. The van der Waals surface area contributed by atoms with Crippen molar-refractivity contribution >= 4 is 11.9 Å². The van der Waals surface area contributed by atoms with E-state index in [4.69, 9.17) is 5.11 Å². The molecule has 1 aromatic rings. The number of carbonyl (C=O) groups is 2. The molecular weight excluding hydrogens is 277 g/mol. The Bertz CT molecular complexity index is 589. The lowest BCUT2D eigenvalue weighted by molar-refractivity contribution is -0.141. The summed E-state index contributed by atoms with van der Waals surface area (Å²) in [5.74, 6) is 3.70. The number of methoxy groups -OCH3 is 1. The number of aliphatic hydroxyl groups is 1. The highest BCUT2D eigenvalue weighted by Gasteiger charge is 2.18. The summed E-state index contributed by atoms with van der Waals surface area (Å²) in [7, 11) is 2.63. The van der Waals surface area contributed by atoms with Crippen LogP contribution in [0, 0.1) is 17.7 Å². The van der Waals surface area contributed by atoms with Crippen molar-refractivity contribution in [3.8, 4) is 11.8 Å². The van der Waals surface area contributed by atoms with Crippen molar-refractivity contribution < 1.29 is 23.8 Å². The Kier molecular flexibility index (Phi) is 6.37. The Morgan fingerprint density at radius 2 is 2.14 bits per heavy atom. The number of carbonyl (C=O) groups excluding carboxylic acids is 2. The van der Waals surface area contributed by atoms with E-state index in [0.29, 0.717) is 5.56 Å². The lowest BCUT2D eigenvalue weighted by atomic mass is 10.1. The highest BCUT2D eigenvalue weighted by molar-refractivity contribution is 5.98. The summed E-state index contributed by atoms with van der Waals surface area (Å²) in [4.78, 5) is 24.5. The molecule has 0 fully saturated rings. The second kappa shape index (κ2) is 8.02. The van der Waals surface area contributed by atoms with Gasteiger partial charge in [-0.3, -0.25) is 9.59 Å². The van der Waals surface area contributed by atoms with Crippen molar-refractivity contribution in [1.82, 2.24) is 4.90 Å². The molecule has 0 spiro atoms. The fourth-order valence-electron chi connectivity index (χ4n) is 1.55. The molecule has 112 valence electrons. The Hall–Kier alpha value is -2.39. The van der Waals surface area contributed by atoms with Crippen LogP contribution in [-0.2, 0) is 9.53 Å². The van der Waals surface area contributed by atoms with Crippen LogP contribution in [-0.4, -0.2) is 49.2 Å². The number of benzene rings is 1. The zero-order valence-electron chi connectivity index (χ0n) is 11.9. The van der Waals surface area contributed by atoms with Crippen molar-refractivity contribution in [2.45, 2.75) is 6.42 Å². The van der Waals surface area contributed by atoms with Crippen LogP contribution in [0.2, 0.25) is 0 Å². The van der Waals surface area contributed by atoms with Gasteiger partial charge in [-0.1, -0.05) is 11.8 Å². The van der Waals surface area contributed by atoms with Crippen molar-refractivity contribution in [2.75, 3.05) is 27.3 Å². The zero-order chi connectivity index (χ0) is 15.8. The number of esters is 1. The van der Waals surface area contributed by atoms with Gasteiger partial charge in [0, 0.05) is 19.0 Å². The molecule has 1 rings (SSSR count). The maximum atomic E-state index is 13.3. The maximum absolute atomic E-state index is 13.3. The zero-order valence-corrected chi connectivity index (χ0v) is 11.9. The number of aliphatic hydroxyl groups excluding tert-OH is 1. The number of amides is 1. The van der Waals surface area contributed by atoms with Gasteiger partial charge in [0.15, 0.2) is 0 Å². The summed E-state index contributed by atoms with van der Waals surface area (Å²) < 4.78 is 17.8. The van der Waals surface area contributed by atoms with E-state index in [-0.39, 0.29) is 25.1 Å². The minimum absolute atomic E-state index is 0.0619. The number of ether oxygens (including phenoxy) is 1. The summed E-state index contributed by atoms with van der Waals surface area (Å²) in [6, 6.07) is 3.65. The normalized spacial score (nSPS) is 9.52. The Balaban J connectivity index is 3.04. The molecule has 0 aliphatic carbocycles. The molecule has 5 nitrogen and oxygen atoms in total. The van der Waals surface area contributed by atoms with E-state index in [1.807, 2.05) is 0 Å². The second-order valence-electron chi connectivity index (χ2n) is 4.20. The fourth-order valence-corrected chi connectivity index (χ4v) is 1.55. The molecule has 6 heteroatoms. The van der Waals surface area contributed by atoms with Gasteiger partial charge in [0.2, 0.25) is 0 Å². The number of likely N-dealkylation sites (N-methyl/N-ethyl adjacent to an activating group) is 1. The van der Waals surface area contributed by atoms with Gasteiger partial charge in [0.1, 0.15) is 12.4 Å². The summed E-state index contributed by atoms with van der Waals surface area (Å²) in [5, 5.41) is 8.69. The van der Waals surface area contributed by atoms with Crippen molar-refractivity contribution in [3.05, 3.63) is 35.1 Å². The molecular formula is C15H16FNO4. The predicted octanol–water partition coefficient (Wildman–Crippen LogP) is 0.805. The average molecular weight is 293 g/mol. The average Bonchev–Trinajstić information content (AvgIpc) is 2.47. The van der Waals surface area contributed by atoms with Crippen LogP contribution < -0.4 is 0 Å². The van der Waals surface area contributed by atoms with Gasteiger partial charge < -0.3 is 14.7 Å². The van der Waals surface area contributed by atoms with Gasteiger partial charge in [-0.25, -0.2) is 4.39 Å². The molecule has 0 atom stereocenters. The van der Waals surface area contributed by atoms with Crippen LogP contribution in [0.15, 0.2) is 18.2 Å². The Morgan fingerprint density at radius 1 is 1.43 bits per heavy atom. The van der Waals surface area contributed by atoms with Gasteiger partial charge in [-0.15, -0.1) is 0 Å². The number of nitrogens with zero attached hydrogens (tertiary/aromatic N) is 1. The molecule has 0 aromatic heterocycles. The molecule has 0 saturated heterocycles. The molecule has 0 heterocycles. The molecule has 0 radical (unpaired) electrons. The Morgan fingerprint density at radius 3 is 2.76 bits per heavy atom. The maximum Gasteiger partial charge on any atom is 0.325 e. The molecule has 0 aliphatic heterocycles. The van der Waals surface area contributed by atoms with Gasteiger partial charge in [0.25, 0.3) is 5.91 Å². The van der Waals surface area contributed by atoms with E-state index < -0.39 is 17.7 Å². The highest BCUT2D eigenvalue weighted by atomic mass is 19.1. The summed E-state index contributed by atoms with van der Waals surface area (Å²) in [6.45, 7) is -0.338. The van der Waals surface area contributed by atoms with Gasteiger partial charge >= 0.3 is 5.97 Å². The summed E-state index contributed by atoms with van der Waals surface area (Å²) in [5.41, 5.74) is 0.401. The molecule has 1 aromatic carbocycles. The molecule has 21 heavy (non-hydrogen) atoms. The van der Waals surface area contributed by atoms with Crippen LogP contribution in [0.1, 0.15) is 22.3 Å². The van der Waals surface area contributed by atoms with Crippen LogP contribution in [0.5, 0.6) is 0 Å². The minimum Gasteiger partial charge on any atom is -0.468 e. The summed E-state index contributed by atoms with van der Waals surface area (Å²) >= 11 is 0. The first-order chi connectivity index (χ1) is 9.99. The first kappa shape index (κ1) is 16.7. The first-order valence-corrected chi connectivity index (χ1v) is 6.21. The third-order valence-electron chi connectivity index (χ3n) is 2.61. The quantitative estimate of drug-likeness (QED) is 0.659. The van der Waals surface area contributed by atoms with Gasteiger partial charge in [-0.05, 0) is 18.2 Å². The second-order valence-corrected chi connectivity index (χ2v) is 4.20. The van der Waals surface area contributed by atoms with E-state index in [1.165, 1.54) is 26.3 Å². The topological polar surface area (TPSA) is 66.8 Å². The lowest BCUT2D eigenvalue weighted by Crippen LogP contribution is -2.33. The SMILES string of the molecule is COC(=O)CN(C)C(=O)c1cc(F)ccc1C#CCCO. The molecule has 0 saturated carbocycles. The van der Waals surface area contributed by atoms with Crippen molar-refractivity contribution in [3.63, 3.8) is 0 Å². The first-order valence-electron chi connectivity index (χ1n) is 6.21. The standard InChI is InChI=1S/C15H16FNO4/c1-17(10-14(19)21-2)15(20)13-9-12(16)7-6-11(13)5-3-4-8-18/h6-7,9,18H,4,8,10H2,1-2H3. The molecule has 0 aliphatic rings. The third kappa shape index (κ3) is 4.89.